The molecule has 1 aromatic heterocycles. The first-order valence-corrected chi connectivity index (χ1v) is 7.00. The second-order valence-electron chi connectivity index (χ2n) is 5.09. The topological polar surface area (TPSA) is 61.6 Å². The van der Waals surface area contributed by atoms with E-state index in [1.54, 1.807) is 25.4 Å². The van der Waals surface area contributed by atoms with E-state index in [1.165, 1.54) is 6.39 Å². The van der Waals surface area contributed by atoms with E-state index in [4.69, 9.17) is 13.9 Å². The van der Waals surface area contributed by atoms with Crippen LogP contribution < -0.4 is 0 Å². The van der Waals surface area contributed by atoms with Crippen LogP contribution in [0.4, 0.5) is 0 Å². The zero-order valence-corrected chi connectivity index (χ0v) is 11.8. The van der Waals surface area contributed by atoms with Gasteiger partial charge in [-0.2, -0.15) is 0 Å². The summed E-state index contributed by atoms with van der Waals surface area (Å²) >= 11 is 0. The third-order valence-electron chi connectivity index (χ3n) is 3.79. The second kappa shape index (κ2) is 6.10. The fourth-order valence-electron chi connectivity index (χ4n) is 2.63. The molecule has 1 saturated carbocycles. The summed E-state index contributed by atoms with van der Waals surface area (Å²) in [6.45, 7) is 0. The lowest BCUT2D eigenvalue weighted by Gasteiger charge is -2.18. The second-order valence-corrected chi connectivity index (χ2v) is 5.09. The van der Waals surface area contributed by atoms with Crippen LogP contribution in [0.3, 0.4) is 0 Å². The van der Waals surface area contributed by atoms with E-state index in [1.807, 2.05) is 12.1 Å². The third kappa shape index (κ3) is 2.97. The quantitative estimate of drug-likeness (QED) is 0.809. The molecule has 0 saturated heterocycles. The average molecular weight is 287 g/mol. The summed E-state index contributed by atoms with van der Waals surface area (Å²) in [5.74, 6) is 0.359. The molecule has 5 nitrogen and oxygen atoms in total. The molecule has 0 amide bonds. The zero-order chi connectivity index (χ0) is 14.7. The van der Waals surface area contributed by atoms with Crippen molar-refractivity contribution in [2.45, 2.75) is 31.5 Å². The Morgan fingerprint density at radius 3 is 2.67 bits per heavy atom. The maximum atomic E-state index is 12.1. The van der Waals surface area contributed by atoms with Gasteiger partial charge in [-0.25, -0.2) is 9.78 Å². The Morgan fingerprint density at radius 1 is 1.24 bits per heavy atom. The molecule has 0 aliphatic heterocycles. The lowest BCUT2D eigenvalue weighted by atomic mass is 10.1. The Bertz CT molecular complexity index is 591. The van der Waals surface area contributed by atoms with Crippen LogP contribution >= 0.6 is 0 Å². The van der Waals surface area contributed by atoms with Gasteiger partial charge in [-0.05, 0) is 31.4 Å². The standard InChI is InChI=1S/C16H17NO4/c1-19-13-3-2-4-14(13)21-16(18)12-7-5-11(6-8-12)15-9-17-10-20-15/h5-10,13-14H,2-4H2,1H3/t13-,14-/m1/s1. The predicted octanol–water partition coefficient (Wildman–Crippen LogP) is 3.07. The first-order valence-electron chi connectivity index (χ1n) is 7.00. The largest absolute Gasteiger partial charge is 0.456 e. The Morgan fingerprint density at radius 2 is 2.00 bits per heavy atom. The van der Waals surface area contributed by atoms with E-state index in [2.05, 4.69) is 4.98 Å². The SMILES string of the molecule is CO[C@@H]1CCC[C@H]1OC(=O)c1ccc(-c2cnco2)cc1. The molecule has 2 aromatic rings. The van der Waals surface area contributed by atoms with Gasteiger partial charge in [0, 0.05) is 12.7 Å². The molecule has 0 N–H and O–H groups in total. The van der Waals surface area contributed by atoms with Gasteiger partial charge in [0.05, 0.1) is 17.9 Å². The number of aromatic nitrogens is 1. The van der Waals surface area contributed by atoms with Crippen molar-refractivity contribution in [2.75, 3.05) is 7.11 Å². The highest BCUT2D eigenvalue weighted by atomic mass is 16.6. The minimum atomic E-state index is -0.312. The normalized spacial score (nSPS) is 21.4. The maximum Gasteiger partial charge on any atom is 0.338 e. The van der Waals surface area contributed by atoms with Crippen LogP contribution in [0.1, 0.15) is 29.6 Å². The monoisotopic (exact) mass is 287 g/mol. The highest BCUT2D eigenvalue weighted by Crippen LogP contribution is 2.26. The predicted molar refractivity (Wildman–Crippen MR) is 75.8 cm³/mol. The summed E-state index contributed by atoms with van der Waals surface area (Å²) in [6, 6.07) is 7.10. The summed E-state index contributed by atoms with van der Waals surface area (Å²) in [5, 5.41) is 0. The summed E-state index contributed by atoms with van der Waals surface area (Å²) in [4.78, 5) is 16.0. The van der Waals surface area contributed by atoms with Crippen molar-refractivity contribution in [3.63, 3.8) is 0 Å². The molecule has 110 valence electrons. The molecule has 21 heavy (non-hydrogen) atoms. The van der Waals surface area contributed by atoms with Crippen molar-refractivity contribution >= 4 is 5.97 Å². The van der Waals surface area contributed by atoms with E-state index < -0.39 is 0 Å². The highest BCUT2D eigenvalue weighted by molar-refractivity contribution is 5.90. The lowest BCUT2D eigenvalue weighted by molar-refractivity contribution is -0.0206. The molecular formula is C16H17NO4. The van der Waals surface area contributed by atoms with Crippen LogP contribution in [0.5, 0.6) is 0 Å². The van der Waals surface area contributed by atoms with E-state index >= 15 is 0 Å². The van der Waals surface area contributed by atoms with Gasteiger partial charge in [0.25, 0.3) is 0 Å². The van der Waals surface area contributed by atoms with Gasteiger partial charge in [-0.1, -0.05) is 12.1 Å². The van der Waals surface area contributed by atoms with Crippen molar-refractivity contribution in [3.05, 3.63) is 42.4 Å². The Hall–Kier alpha value is -2.14. The third-order valence-corrected chi connectivity index (χ3v) is 3.79. The fraction of sp³-hybridized carbons (Fsp3) is 0.375. The smallest absolute Gasteiger partial charge is 0.338 e. The van der Waals surface area contributed by atoms with Crippen molar-refractivity contribution in [2.24, 2.45) is 0 Å². The first kappa shape index (κ1) is 13.8. The number of esters is 1. The van der Waals surface area contributed by atoms with Crippen LogP contribution in [0.2, 0.25) is 0 Å². The van der Waals surface area contributed by atoms with Gasteiger partial charge in [-0.15, -0.1) is 0 Å². The number of hydrogen-bond acceptors (Lipinski definition) is 5. The molecule has 1 heterocycles. The fourth-order valence-corrected chi connectivity index (χ4v) is 2.63. The number of oxazole rings is 1. The van der Waals surface area contributed by atoms with Crippen LogP contribution in [0.25, 0.3) is 11.3 Å². The van der Waals surface area contributed by atoms with Crippen molar-refractivity contribution in [1.82, 2.24) is 4.98 Å². The number of carbonyl (C=O) groups is 1. The lowest BCUT2D eigenvalue weighted by Crippen LogP contribution is -2.27. The van der Waals surface area contributed by atoms with Gasteiger partial charge in [-0.3, -0.25) is 0 Å². The summed E-state index contributed by atoms with van der Waals surface area (Å²) < 4.78 is 16.1. The Labute approximate surface area is 122 Å². The maximum absolute atomic E-state index is 12.1. The van der Waals surface area contributed by atoms with Gasteiger partial charge < -0.3 is 13.9 Å². The molecule has 0 bridgehead atoms. The van der Waals surface area contributed by atoms with E-state index in [0.29, 0.717) is 11.3 Å². The van der Waals surface area contributed by atoms with Crippen LogP contribution in [0.15, 0.2) is 41.3 Å². The summed E-state index contributed by atoms with van der Waals surface area (Å²) in [5.41, 5.74) is 1.40. The minimum Gasteiger partial charge on any atom is -0.456 e. The van der Waals surface area contributed by atoms with Gasteiger partial charge >= 0.3 is 5.97 Å². The first-order chi connectivity index (χ1) is 10.3. The molecule has 3 rings (SSSR count). The Kier molecular flexibility index (Phi) is 4.01. The van der Waals surface area contributed by atoms with Crippen molar-refractivity contribution in [3.8, 4) is 11.3 Å². The number of carbonyl (C=O) groups excluding carboxylic acids is 1. The van der Waals surface area contributed by atoms with E-state index in [9.17, 15) is 4.79 Å². The minimum absolute atomic E-state index is 0.0161. The van der Waals surface area contributed by atoms with Gasteiger partial charge in [0.15, 0.2) is 12.2 Å². The molecule has 0 radical (unpaired) electrons. The summed E-state index contributed by atoms with van der Waals surface area (Å²) in [6.07, 6.45) is 5.72. The molecule has 1 aliphatic carbocycles. The van der Waals surface area contributed by atoms with Gasteiger partial charge in [0.1, 0.15) is 6.10 Å². The number of rotatable bonds is 4. The number of methoxy groups -OCH3 is 1. The molecule has 1 fully saturated rings. The van der Waals surface area contributed by atoms with Crippen LogP contribution in [-0.2, 0) is 9.47 Å². The van der Waals surface area contributed by atoms with Crippen molar-refractivity contribution in [1.29, 1.82) is 0 Å². The average Bonchev–Trinajstić information content (AvgIpc) is 3.18. The molecule has 1 aromatic carbocycles. The van der Waals surface area contributed by atoms with Crippen LogP contribution in [0, 0.1) is 0 Å². The number of benzene rings is 1. The van der Waals surface area contributed by atoms with Crippen molar-refractivity contribution < 1.29 is 18.7 Å². The molecule has 5 heteroatoms. The molecule has 1 aliphatic rings. The van der Waals surface area contributed by atoms with E-state index in [-0.39, 0.29) is 18.2 Å². The molecule has 0 spiro atoms. The highest BCUT2D eigenvalue weighted by Gasteiger charge is 2.30. The number of nitrogens with zero attached hydrogens (tertiary/aromatic N) is 1. The van der Waals surface area contributed by atoms with Crippen LogP contribution in [-0.4, -0.2) is 30.3 Å². The number of ether oxygens (including phenoxy) is 2. The van der Waals surface area contributed by atoms with E-state index in [0.717, 1.165) is 24.8 Å². The summed E-state index contributed by atoms with van der Waals surface area (Å²) in [7, 11) is 1.66. The molecule has 0 unspecified atom stereocenters. The zero-order valence-electron chi connectivity index (χ0n) is 11.8. The Balaban J connectivity index is 1.68. The van der Waals surface area contributed by atoms with Gasteiger partial charge in [0.2, 0.25) is 0 Å². The molecule has 2 atom stereocenters. The molecular weight excluding hydrogens is 270 g/mol. The number of hydrogen-bond donors (Lipinski definition) is 0.